The van der Waals surface area contributed by atoms with Gasteiger partial charge >= 0.3 is 5.97 Å². The normalized spacial score (nSPS) is 11.1. The Kier molecular flexibility index (Phi) is 3.47. The number of ether oxygens (including phenoxy) is 1. The van der Waals surface area contributed by atoms with Crippen molar-refractivity contribution in [2.75, 3.05) is 6.23 Å². The van der Waals surface area contributed by atoms with Gasteiger partial charge in [0, 0.05) is 6.92 Å². The third-order valence-electron chi connectivity index (χ3n) is 2.19. The van der Waals surface area contributed by atoms with Crippen molar-refractivity contribution in [2.24, 2.45) is 0 Å². The van der Waals surface area contributed by atoms with Gasteiger partial charge in [-0.25, -0.2) is 0 Å². The second-order valence-electron chi connectivity index (χ2n) is 4.03. The lowest BCUT2D eigenvalue weighted by Gasteiger charge is -2.21. The molecule has 0 atom stereocenters. The second-order valence-corrected chi connectivity index (χ2v) is 8.66. The van der Waals surface area contributed by atoms with Crippen molar-refractivity contribution in [3.63, 3.8) is 0 Å². The van der Waals surface area contributed by atoms with Crippen LogP contribution in [0.1, 0.15) is 6.92 Å². The van der Waals surface area contributed by atoms with Crippen molar-refractivity contribution in [1.29, 1.82) is 0 Å². The first kappa shape index (κ1) is 11.0. The van der Waals surface area contributed by atoms with Gasteiger partial charge in [-0.1, -0.05) is 48.6 Å². The molecule has 0 heterocycles. The maximum atomic E-state index is 10.7. The van der Waals surface area contributed by atoms with Gasteiger partial charge in [-0.2, -0.15) is 0 Å². The molecule has 0 spiro atoms. The largest absolute Gasteiger partial charge is 0.469 e. The Morgan fingerprint density at radius 2 is 1.86 bits per heavy atom. The molecule has 0 radical (unpaired) electrons. The van der Waals surface area contributed by atoms with E-state index in [0.717, 1.165) is 0 Å². The third kappa shape index (κ3) is 2.99. The Bertz CT molecular complexity index is 306. The summed E-state index contributed by atoms with van der Waals surface area (Å²) in [6.45, 7) is 5.85. The molecule has 1 aromatic carbocycles. The maximum absolute atomic E-state index is 10.7. The monoisotopic (exact) mass is 208 g/mol. The summed E-state index contributed by atoms with van der Waals surface area (Å²) in [4.78, 5) is 10.7. The number of esters is 1. The van der Waals surface area contributed by atoms with Crippen LogP contribution < -0.4 is 5.19 Å². The summed E-state index contributed by atoms with van der Waals surface area (Å²) in [6, 6.07) is 10.3. The van der Waals surface area contributed by atoms with Crippen LogP contribution in [0.5, 0.6) is 0 Å². The molecular weight excluding hydrogens is 192 g/mol. The van der Waals surface area contributed by atoms with E-state index < -0.39 is 8.07 Å². The average Bonchev–Trinajstić information content (AvgIpc) is 2.16. The standard InChI is InChI=1S/C11H16O2Si/c1-10(12)13-9-14(2,3)11-7-5-4-6-8-11/h4-8H,9H2,1-3H3. The molecule has 76 valence electrons. The highest BCUT2D eigenvalue weighted by Gasteiger charge is 2.24. The lowest BCUT2D eigenvalue weighted by atomic mass is 10.4. The average molecular weight is 208 g/mol. The zero-order chi connectivity index (χ0) is 10.6. The van der Waals surface area contributed by atoms with Gasteiger partial charge in [0.05, 0.1) is 6.23 Å². The van der Waals surface area contributed by atoms with Gasteiger partial charge in [-0.05, 0) is 0 Å². The van der Waals surface area contributed by atoms with Gasteiger partial charge in [-0.3, -0.25) is 4.79 Å². The van der Waals surface area contributed by atoms with E-state index in [1.807, 2.05) is 18.2 Å². The topological polar surface area (TPSA) is 26.3 Å². The van der Waals surface area contributed by atoms with Crippen LogP contribution in [0.3, 0.4) is 0 Å². The molecule has 0 unspecified atom stereocenters. The van der Waals surface area contributed by atoms with Crippen LogP contribution in [-0.2, 0) is 9.53 Å². The van der Waals surface area contributed by atoms with E-state index in [9.17, 15) is 4.79 Å². The molecule has 3 heteroatoms. The molecule has 1 rings (SSSR count). The van der Waals surface area contributed by atoms with Crippen molar-refractivity contribution in [2.45, 2.75) is 20.0 Å². The fourth-order valence-corrected chi connectivity index (χ4v) is 3.08. The van der Waals surface area contributed by atoms with Crippen LogP contribution in [0.4, 0.5) is 0 Å². The Morgan fingerprint density at radius 1 is 1.29 bits per heavy atom. The molecule has 14 heavy (non-hydrogen) atoms. The molecule has 0 saturated heterocycles. The Labute approximate surface area is 85.9 Å². The minimum absolute atomic E-state index is 0.193. The first-order valence-electron chi connectivity index (χ1n) is 4.71. The fourth-order valence-electron chi connectivity index (χ4n) is 1.25. The number of hydrogen-bond acceptors (Lipinski definition) is 2. The summed E-state index contributed by atoms with van der Waals surface area (Å²) in [5, 5.41) is 1.32. The molecule has 0 N–H and O–H groups in total. The fraction of sp³-hybridized carbons (Fsp3) is 0.364. The van der Waals surface area contributed by atoms with Crippen molar-refractivity contribution in [3.05, 3.63) is 30.3 Å². The molecule has 1 aromatic rings. The molecule has 0 aliphatic rings. The highest BCUT2D eigenvalue weighted by atomic mass is 28.3. The Balaban J connectivity index is 2.70. The highest BCUT2D eigenvalue weighted by molar-refractivity contribution is 6.89. The van der Waals surface area contributed by atoms with Crippen molar-refractivity contribution < 1.29 is 9.53 Å². The van der Waals surface area contributed by atoms with Gasteiger partial charge < -0.3 is 4.74 Å². The van der Waals surface area contributed by atoms with Crippen molar-refractivity contribution >= 4 is 19.2 Å². The van der Waals surface area contributed by atoms with E-state index in [4.69, 9.17) is 4.74 Å². The van der Waals surface area contributed by atoms with Gasteiger partial charge in [0.2, 0.25) is 0 Å². The molecule has 2 nitrogen and oxygen atoms in total. The van der Waals surface area contributed by atoms with Crippen LogP contribution in [0.25, 0.3) is 0 Å². The van der Waals surface area contributed by atoms with Crippen LogP contribution in [0, 0.1) is 0 Å². The molecule has 0 bridgehead atoms. The number of hydrogen-bond donors (Lipinski definition) is 0. The van der Waals surface area contributed by atoms with Crippen molar-refractivity contribution in [3.8, 4) is 0 Å². The van der Waals surface area contributed by atoms with Crippen LogP contribution in [-0.4, -0.2) is 20.3 Å². The van der Waals surface area contributed by atoms with E-state index in [1.165, 1.54) is 12.1 Å². The van der Waals surface area contributed by atoms with E-state index >= 15 is 0 Å². The van der Waals surface area contributed by atoms with Gasteiger partial charge in [0.1, 0.15) is 8.07 Å². The Morgan fingerprint density at radius 3 is 2.36 bits per heavy atom. The highest BCUT2D eigenvalue weighted by Crippen LogP contribution is 2.03. The van der Waals surface area contributed by atoms with Gasteiger partial charge in [0.25, 0.3) is 0 Å². The summed E-state index contributed by atoms with van der Waals surface area (Å²) in [7, 11) is -1.59. The third-order valence-corrected chi connectivity index (χ3v) is 4.95. The zero-order valence-corrected chi connectivity index (χ0v) is 9.91. The lowest BCUT2D eigenvalue weighted by Crippen LogP contribution is -2.46. The van der Waals surface area contributed by atoms with E-state index in [1.54, 1.807) is 0 Å². The summed E-state index contributed by atoms with van der Waals surface area (Å²) >= 11 is 0. The van der Waals surface area contributed by atoms with Gasteiger partial charge in [-0.15, -0.1) is 0 Å². The number of carbonyl (C=O) groups is 1. The maximum Gasteiger partial charge on any atom is 0.302 e. The summed E-state index contributed by atoms with van der Waals surface area (Å²) < 4.78 is 5.08. The number of carbonyl (C=O) groups excluding carboxylic acids is 1. The molecule has 0 aromatic heterocycles. The minimum atomic E-state index is -1.59. The number of rotatable bonds is 3. The van der Waals surface area contributed by atoms with Crippen LogP contribution in [0.2, 0.25) is 13.1 Å². The Hall–Kier alpha value is -1.09. The predicted molar refractivity (Wildman–Crippen MR) is 60.2 cm³/mol. The predicted octanol–water partition coefficient (Wildman–Crippen LogP) is 1.70. The van der Waals surface area contributed by atoms with E-state index in [2.05, 4.69) is 25.2 Å². The van der Waals surface area contributed by atoms with E-state index in [0.29, 0.717) is 6.23 Å². The molecule has 0 aliphatic heterocycles. The summed E-state index contributed by atoms with van der Waals surface area (Å²) in [6.07, 6.45) is 0.562. The minimum Gasteiger partial charge on any atom is -0.469 e. The first-order valence-corrected chi connectivity index (χ1v) is 7.92. The zero-order valence-electron chi connectivity index (χ0n) is 8.91. The molecule has 0 fully saturated rings. The molecule has 0 amide bonds. The van der Waals surface area contributed by atoms with Crippen LogP contribution in [0.15, 0.2) is 30.3 Å². The first-order chi connectivity index (χ1) is 6.52. The summed E-state index contributed by atoms with van der Waals surface area (Å²) in [5.74, 6) is -0.193. The summed E-state index contributed by atoms with van der Waals surface area (Å²) in [5.41, 5.74) is 0. The number of benzene rings is 1. The molecule has 0 aliphatic carbocycles. The lowest BCUT2D eigenvalue weighted by molar-refractivity contribution is -0.139. The SMILES string of the molecule is CC(=O)OC[Si](C)(C)c1ccccc1. The molecule has 0 saturated carbocycles. The quantitative estimate of drug-likeness (QED) is 0.558. The second kappa shape index (κ2) is 4.42. The van der Waals surface area contributed by atoms with Crippen molar-refractivity contribution in [1.82, 2.24) is 0 Å². The van der Waals surface area contributed by atoms with Crippen LogP contribution >= 0.6 is 0 Å². The van der Waals surface area contributed by atoms with E-state index in [-0.39, 0.29) is 5.97 Å². The molecular formula is C11H16O2Si. The smallest absolute Gasteiger partial charge is 0.302 e. The van der Waals surface area contributed by atoms with Gasteiger partial charge in [0.15, 0.2) is 0 Å².